The molecule has 2 N–H and O–H groups in total. The lowest BCUT2D eigenvalue weighted by Crippen LogP contribution is -2.28. The Bertz CT molecular complexity index is 618. The molecule has 0 bridgehead atoms. The van der Waals surface area contributed by atoms with E-state index in [9.17, 15) is 0 Å². The molecule has 22 heavy (non-hydrogen) atoms. The van der Waals surface area contributed by atoms with E-state index in [0.717, 1.165) is 61.2 Å². The second kappa shape index (κ2) is 6.70. The van der Waals surface area contributed by atoms with E-state index in [0.29, 0.717) is 0 Å². The number of hydrogen-bond acceptors (Lipinski definition) is 5. The molecule has 0 spiro atoms. The molecule has 1 aliphatic rings. The van der Waals surface area contributed by atoms with Gasteiger partial charge in [-0.05, 0) is 31.2 Å². The van der Waals surface area contributed by atoms with Gasteiger partial charge in [-0.15, -0.1) is 0 Å². The fourth-order valence-corrected chi connectivity index (χ4v) is 2.71. The van der Waals surface area contributed by atoms with Crippen LogP contribution < -0.4 is 19.7 Å². The number of nitrogens with zero attached hydrogens (tertiary/aromatic N) is 2. The first-order chi connectivity index (χ1) is 10.8. The molecule has 0 saturated carbocycles. The molecule has 0 atom stereocenters. The summed E-state index contributed by atoms with van der Waals surface area (Å²) in [7, 11) is 3.33. The maximum Gasteiger partial charge on any atom is 0.151 e. The van der Waals surface area contributed by atoms with Gasteiger partial charge in [-0.1, -0.05) is 0 Å². The van der Waals surface area contributed by atoms with Gasteiger partial charge in [0.05, 0.1) is 19.9 Å². The second-order valence-corrected chi connectivity index (χ2v) is 5.30. The monoisotopic (exact) mass is 302 g/mol. The van der Waals surface area contributed by atoms with Gasteiger partial charge >= 0.3 is 0 Å². The van der Waals surface area contributed by atoms with Crippen LogP contribution in [-0.2, 0) is 0 Å². The van der Waals surface area contributed by atoms with E-state index in [1.165, 1.54) is 0 Å². The van der Waals surface area contributed by atoms with Crippen molar-refractivity contribution in [2.24, 2.45) is 0 Å². The normalized spacial score (nSPS) is 15.5. The van der Waals surface area contributed by atoms with Crippen molar-refractivity contribution in [1.29, 1.82) is 0 Å². The number of nitrogens with one attached hydrogen (secondary N) is 2. The van der Waals surface area contributed by atoms with Crippen LogP contribution in [0.2, 0.25) is 0 Å². The third kappa shape index (κ3) is 3.01. The summed E-state index contributed by atoms with van der Waals surface area (Å²) < 4.78 is 10.8. The van der Waals surface area contributed by atoms with Gasteiger partial charge in [-0.3, -0.25) is 5.10 Å². The maximum atomic E-state index is 5.45. The van der Waals surface area contributed by atoms with Crippen LogP contribution in [0, 0.1) is 0 Å². The minimum atomic E-state index is 0.797. The van der Waals surface area contributed by atoms with Crippen molar-refractivity contribution in [3.8, 4) is 22.8 Å². The summed E-state index contributed by atoms with van der Waals surface area (Å²) in [6.45, 7) is 4.05. The van der Waals surface area contributed by atoms with Crippen molar-refractivity contribution in [1.82, 2.24) is 15.5 Å². The fraction of sp³-hybridized carbons (Fsp3) is 0.438. The number of benzene rings is 1. The minimum absolute atomic E-state index is 0.797. The highest BCUT2D eigenvalue weighted by Crippen LogP contribution is 2.33. The molecule has 1 aromatic heterocycles. The third-order valence-electron chi connectivity index (χ3n) is 3.93. The number of aromatic nitrogens is 2. The molecule has 3 rings (SSSR count). The molecule has 1 aromatic carbocycles. The lowest BCUT2D eigenvalue weighted by Gasteiger charge is -2.18. The molecule has 6 nitrogen and oxygen atoms in total. The number of aromatic amines is 1. The highest BCUT2D eigenvalue weighted by Gasteiger charge is 2.15. The van der Waals surface area contributed by atoms with Crippen LogP contribution in [0.3, 0.4) is 0 Å². The van der Waals surface area contributed by atoms with E-state index in [-0.39, 0.29) is 0 Å². The Balaban J connectivity index is 1.89. The van der Waals surface area contributed by atoms with Gasteiger partial charge in [-0.2, -0.15) is 5.10 Å². The average molecular weight is 302 g/mol. The first kappa shape index (κ1) is 14.7. The van der Waals surface area contributed by atoms with Crippen LogP contribution in [-0.4, -0.2) is 50.6 Å². The van der Waals surface area contributed by atoms with Gasteiger partial charge in [0.2, 0.25) is 0 Å². The molecular weight excluding hydrogens is 280 g/mol. The van der Waals surface area contributed by atoms with Crippen molar-refractivity contribution in [3.05, 3.63) is 24.3 Å². The van der Waals surface area contributed by atoms with Gasteiger partial charge in [0, 0.05) is 31.3 Å². The number of anilines is 1. The molecule has 6 heteroatoms. The van der Waals surface area contributed by atoms with Crippen LogP contribution in [0.5, 0.6) is 11.5 Å². The van der Waals surface area contributed by atoms with E-state index in [1.54, 1.807) is 14.2 Å². The molecule has 2 heterocycles. The highest BCUT2D eigenvalue weighted by atomic mass is 16.5. The van der Waals surface area contributed by atoms with Gasteiger partial charge in [0.1, 0.15) is 11.5 Å². The largest absolute Gasteiger partial charge is 0.497 e. The summed E-state index contributed by atoms with van der Waals surface area (Å²) in [6.07, 6.45) is 1.13. The van der Waals surface area contributed by atoms with E-state index in [1.807, 2.05) is 18.2 Å². The Kier molecular flexibility index (Phi) is 4.48. The number of ether oxygens (including phenoxy) is 2. The number of H-pyrrole nitrogens is 1. The van der Waals surface area contributed by atoms with Gasteiger partial charge in [0.25, 0.3) is 0 Å². The Morgan fingerprint density at radius 2 is 2.00 bits per heavy atom. The lowest BCUT2D eigenvalue weighted by molar-refractivity contribution is 0.404. The van der Waals surface area contributed by atoms with Gasteiger partial charge in [-0.25, -0.2) is 0 Å². The average Bonchev–Trinajstić information content (AvgIpc) is 2.89. The van der Waals surface area contributed by atoms with Crippen LogP contribution in [0.15, 0.2) is 24.3 Å². The highest BCUT2D eigenvalue weighted by molar-refractivity contribution is 5.71. The summed E-state index contributed by atoms with van der Waals surface area (Å²) in [5.74, 6) is 2.57. The van der Waals surface area contributed by atoms with Crippen molar-refractivity contribution >= 4 is 5.82 Å². The first-order valence-corrected chi connectivity index (χ1v) is 7.55. The van der Waals surface area contributed by atoms with Crippen molar-refractivity contribution in [2.45, 2.75) is 6.42 Å². The Labute approximate surface area is 130 Å². The molecule has 1 aliphatic heterocycles. The fourth-order valence-electron chi connectivity index (χ4n) is 2.71. The van der Waals surface area contributed by atoms with Crippen molar-refractivity contribution in [2.75, 3.05) is 45.3 Å². The molecule has 0 radical (unpaired) electrons. The van der Waals surface area contributed by atoms with Crippen LogP contribution >= 0.6 is 0 Å². The topological polar surface area (TPSA) is 62.4 Å². The predicted octanol–water partition coefficient (Wildman–Crippen LogP) is 1.89. The summed E-state index contributed by atoms with van der Waals surface area (Å²) in [6, 6.07) is 7.83. The zero-order chi connectivity index (χ0) is 15.4. The van der Waals surface area contributed by atoms with Crippen molar-refractivity contribution in [3.63, 3.8) is 0 Å². The minimum Gasteiger partial charge on any atom is -0.497 e. The SMILES string of the molecule is COc1ccc(OC)c(-c2cc(N3CCCNCC3)n[nH]2)c1. The summed E-state index contributed by atoms with van der Waals surface area (Å²) in [5, 5.41) is 11.0. The molecule has 118 valence electrons. The van der Waals surface area contributed by atoms with Crippen LogP contribution in [0.1, 0.15) is 6.42 Å². The summed E-state index contributed by atoms with van der Waals surface area (Å²) >= 11 is 0. The lowest BCUT2D eigenvalue weighted by atomic mass is 10.1. The molecule has 2 aromatic rings. The zero-order valence-corrected chi connectivity index (χ0v) is 13.1. The number of hydrogen-bond donors (Lipinski definition) is 2. The predicted molar refractivity (Wildman–Crippen MR) is 86.8 cm³/mol. The van der Waals surface area contributed by atoms with Gasteiger partial charge < -0.3 is 19.7 Å². The Hall–Kier alpha value is -2.21. The van der Waals surface area contributed by atoms with Crippen LogP contribution in [0.4, 0.5) is 5.82 Å². The van der Waals surface area contributed by atoms with Crippen molar-refractivity contribution < 1.29 is 9.47 Å². The van der Waals surface area contributed by atoms with Gasteiger partial charge in [0.15, 0.2) is 5.82 Å². The third-order valence-corrected chi connectivity index (χ3v) is 3.93. The summed E-state index contributed by atoms with van der Waals surface area (Å²) in [4.78, 5) is 2.30. The quantitative estimate of drug-likeness (QED) is 0.903. The van der Waals surface area contributed by atoms with E-state index >= 15 is 0 Å². The summed E-state index contributed by atoms with van der Waals surface area (Å²) in [5.41, 5.74) is 1.89. The standard InChI is InChI=1S/C16H22N4O2/c1-21-12-4-5-15(22-2)13(10-12)14-11-16(19-18-14)20-8-3-6-17-7-9-20/h4-5,10-11,17H,3,6-9H2,1-2H3,(H,18,19). The first-order valence-electron chi connectivity index (χ1n) is 7.55. The Morgan fingerprint density at radius 1 is 1.09 bits per heavy atom. The molecule has 1 fully saturated rings. The zero-order valence-electron chi connectivity index (χ0n) is 13.1. The molecule has 0 unspecified atom stereocenters. The van der Waals surface area contributed by atoms with Crippen LogP contribution in [0.25, 0.3) is 11.3 Å². The Morgan fingerprint density at radius 3 is 2.82 bits per heavy atom. The molecule has 1 saturated heterocycles. The van der Waals surface area contributed by atoms with E-state index in [2.05, 4.69) is 26.5 Å². The van der Waals surface area contributed by atoms with E-state index < -0.39 is 0 Å². The van der Waals surface area contributed by atoms with E-state index in [4.69, 9.17) is 9.47 Å². The second-order valence-electron chi connectivity index (χ2n) is 5.30. The molecular formula is C16H22N4O2. The molecule has 0 amide bonds. The number of methoxy groups -OCH3 is 2. The maximum absolute atomic E-state index is 5.45. The molecule has 0 aliphatic carbocycles. The smallest absolute Gasteiger partial charge is 0.151 e. The number of rotatable bonds is 4.